The lowest BCUT2D eigenvalue weighted by molar-refractivity contribution is -0.154. The second-order valence-corrected chi connectivity index (χ2v) is 11.2. The molecule has 0 spiro atoms. The van der Waals surface area contributed by atoms with Gasteiger partial charge >= 0.3 is 5.97 Å². The maximum atomic E-state index is 12.1. The van der Waals surface area contributed by atoms with Gasteiger partial charge in [-0.3, -0.25) is 4.79 Å². The van der Waals surface area contributed by atoms with Crippen LogP contribution in [0, 0.1) is 0 Å². The fourth-order valence-corrected chi connectivity index (χ4v) is 4.63. The first-order chi connectivity index (χ1) is 19.7. The standard InChI is InChI=1S/C36H66O4/c1-3-5-7-9-11-13-14-15-16-17-18-19-20-21-22-23-25-27-29-31-36(38)40-35(33-37)34-39-32-30-28-26-24-12-10-8-6-4-2/h11,13,15-16,18-19,35,37H,3-10,12,14,17,20-34H2,1-2H3/b13-11-,16-15-,19-18-. The minimum Gasteiger partial charge on any atom is -0.457 e. The van der Waals surface area contributed by atoms with E-state index >= 15 is 0 Å². The van der Waals surface area contributed by atoms with Gasteiger partial charge in [-0.05, 0) is 51.4 Å². The molecule has 0 fully saturated rings. The highest BCUT2D eigenvalue weighted by atomic mass is 16.6. The van der Waals surface area contributed by atoms with Crippen molar-refractivity contribution < 1.29 is 19.4 Å². The van der Waals surface area contributed by atoms with E-state index < -0.39 is 6.10 Å². The molecule has 1 unspecified atom stereocenters. The fraction of sp³-hybridized carbons (Fsp3) is 0.806. The first-order valence-electron chi connectivity index (χ1n) is 17.1. The molecule has 0 aromatic carbocycles. The summed E-state index contributed by atoms with van der Waals surface area (Å²) in [7, 11) is 0. The summed E-state index contributed by atoms with van der Waals surface area (Å²) in [4.78, 5) is 12.1. The quantitative estimate of drug-likeness (QED) is 0.0518. The Morgan fingerprint density at radius 1 is 0.600 bits per heavy atom. The molecule has 0 bridgehead atoms. The number of allylic oxidation sites excluding steroid dienone is 6. The monoisotopic (exact) mass is 562 g/mol. The van der Waals surface area contributed by atoms with Crippen molar-refractivity contribution in [3.05, 3.63) is 36.5 Å². The van der Waals surface area contributed by atoms with E-state index in [0.29, 0.717) is 19.6 Å². The Morgan fingerprint density at radius 2 is 1.05 bits per heavy atom. The number of unbranched alkanes of at least 4 members (excludes halogenated alkanes) is 17. The molecule has 0 aliphatic heterocycles. The lowest BCUT2D eigenvalue weighted by Crippen LogP contribution is -2.27. The predicted molar refractivity (Wildman–Crippen MR) is 173 cm³/mol. The van der Waals surface area contributed by atoms with Crippen molar-refractivity contribution in [3.8, 4) is 0 Å². The van der Waals surface area contributed by atoms with Crippen molar-refractivity contribution in [2.45, 2.75) is 168 Å². The van der Waals surface area contributed by atoms with Crippen LogP contribution < -0.4 is 0 Å². The maximum absolute atomic E-state index is 12.1. The largest absolute Gasteiger partial charge is 0.457 e. The van der Waals surface area contributed by atoms with E-state index in [9.17, 15) is 9.90 Å². The molecule has 0 aromatic rings. The Labute approximate surface area is 249 Å². The second kappa shape index (κ2) is 33.8. The first kappa shape index (κ1) is 38.6. The lowest BCUT2D eigenvalue weighted by atomic mass is 10.1. The average Bonchev–Trinajstić information content (AvgIpc) is 2.96. The molecule has 0 saturated carbocycles. The van der Waals surface area contributed by atoms with Crippen LogP contribution in [0.4, 0.5) is 0 Å². The van der Waals surface area contributed by atoms with Crippen molar-refractivity contribution >= 4 is 5.97 Å². The van der Waals surface area contributed by atoms with Gasteiger partial charge in [-0.2, -0.15) is 0 Å². The molecule has 1 atom stereocenters. The van der Waals surface area contributed by atoms with Crippen LogP contribution in [-0.2, 0) is 14.3 Å². The highest BCUT2D eigenvalue weighted by Crippen LogP contribution is 2.11. The van der Waals surface area contributed by atoms with Gasteiger partial charge < -0.3 is 14.6 Å². The van der Waals surface area contributed by atoms with Crippen LogP contribution in [0.25, 0.3) is 0 Å². The van der Waals surface area contributed by atoms with Crippen LogP contribution in [0.1, 0.15) is 162 Å². The number of aliphatic hydroxyl groups excluding tert-OH is 1. The Balaban J connectivity index is 3.50. The zero-order valence-corrected chi connectivity index (χ0v) is 26.6. The molecule has 0 aliphatic rings. The Morgan fingerprint density at radius 3 is 1.62 bits per heavy atom. The Kier molecular flexibility index (Phi) is 32.6. The second-order valence-electron chi connectivity index (χ2n) is 11.2. The molecule has 0 aliphatic carbocycles. The molecule has 234 valence electrons. The van der Waals surface area contributed by atoms with Crippen molar-refractivity contribution in [1.82, 2.24) is 0 Å². The van der Waals surface area contributed by atoms with Gasteiger partial charge in [0.2, 0.25) is 0 Å². The van der Waals surface area contributed by atoms with E-state index in [0.717, 1.165) is 44.9 Å². The van der Waals surface area contributed by atoms with Crippen LogP contribution in [0.5, 0.6) is 0 Å². The fourth-order valence-electron chi connectivity index (χ4n) is 4.63. The van der Waals surface area contributed by atoms with Gasteiger partial charge in [0, 0.05) is 13.0 Å². The molecule has 40 heavy (non-hydrogen) atoms. The topological polar surface area (TPSA) is 55.8 Å². The normalized spacial score (nSPS) is 12.8. The molecule has 0 rings (SSSR count). The number of hydrogen-bond donors (Lipinski definition) is 1. The maximum Gasteiger partial charge on any atom is 0.306 e. The van der Waals surface area contributed by atoms with Crippen LogP contribution >= 0.6 is 0 Å². The van der Waals surface area contributed by atoms with Crippen LogP contribution in [0.2, 0.25) is 0 Å². The molecule has 0 saturated heterocycles. The third-order valence-electron chi connectivity index (χ3n) is 7.22. The number of ether oxygens (including phenoxy) is 2. The van der Waals surface area contributed by atoms with Gasteiger partial charge in [-0.25, -0.2) is 0 Å². The average molecular weight is 563 g/mol. The smallest absolute Gasteiger partial charge is 0.306 e. The summed E-state index contributed by atoms with van der Waals surface area (Å²) in [5, 5.41) is 9.50. The molecular weight excluding hydrogens is 496 g/mol. The van der Waals surface area contributed by atoms with E-state index in [-0.39, 0.29) is 12.6 Å². The number of hydrogen-bond acceptors (Lipinski definition) is 4. The zero-order chi connectivity index (χ0) is 29.2. The predicted octanol–water partition coefficient (Wildman–Crippen LogP) is 10.6. The molecule has 0 amide bonds. The van der Waals surface area contributed by atoms with E-state index in [1.807, 2.05) is 0 Å². The van der Waals surface area contributed by atoms with Crippen molar-refractivity contribution in [3.63, 3.8) is 0 Å². The van der Waals surface area contributed by atoms with Gasteiger partial charge in [0.1, 0.15) is 6.10 Å². The summed E-state index contributed by atoms with van der Waals surface area (Å²) in [6, 6.07) is 0. The summed E-state index contributed by atoms with van der Waals surface area (Å²) < 4.78 is 11.0. The minimum absolute atomic E-state index is 0.176. The zero-order valence-electron chi connectivity index (χ0n) is 26.6. The van der Waals surface area contributed by atoms with E-state index in [2.05, 4.69) is 50.3 Å². The number of carbonyl (C=O) groups is 1. The third kappa shape index (κ3) is 31.1. The molecular formula is C36H66O4. The molecule has 1 N–H and O–H groups in total. The summed E-state index contributed by atoms with van der Waals surface area (Å²) in [6.07, 6.45) is 40.3. The van der Waals surface area contributed by atoms with Crippen molar-refractivity contribution in [1.29, 1.82) is 0 Å². The van der Waals surface area contributed by atoms with Gasteiger partial charge in [0.25, 0.3) is 0 Å². The molecule has 4 heteroatoms. The highest BCUT2D eigenvalue weighted by Gasteiger charge is 2.13. The lowest BCUT2D eigenvalue weighted by Gasteiger charge is -2.15. The summed E-state index contributed by atoms with van der Waals surface area (Å²) in [5.74, 6) is -0.215. The molecule has 4 nitrogen and oxygen atoms in total. The van der Waals surface area contributed by atoms with Gasteiger partial charge in [-0.15, -0.1) is 0 Å². The van der Waals surface area contributed by atoms with Crippen LogP contribution in [-0.4, -0.2) is 37.0 Å². The number of carbonyl (C=O) groups excluding carboxylic acids is 1. The van der Waals surface area contributed by atoms with E-state index in [1.54, 1.807) is 0 Å². The minimum atomic E-state index is -0.535. The van der Waals surface area contributed by atoms with Crippen LogP contribution in [0.15, 0.2) is 36.5 Å². The third-order valence-corrected chi connectivity index (χ3v) is 7.22. The molecule has 0 heterocycles. The van der Waals surface area contributed by atoms with E-state index in [4.69, 9.17) is 9.47 Å². The summed E-state index contributed by atoms with van der Waals surface area (Å²) in [6.45, 7) is 5.29. The SMILES string of the molecule is CCCCC/C=C\C/C=C\C/C=C\CCCCCCCCC(=O)OC(CO)COCCCCCCCCCCC. The first-order valence-corrected chi connectivity index (χ1v) is 17.1. The van der Waals surface area contributed by atoms with Gasteiger partial charge in [-0.1, -0.05) is 140 Å². The van der Waals surface area contributed by atoms with Gasteiger partial charge in [0.05, 0.1) is 13.2 Å². The Bertz CT molecular complexity index is 596. The molecule has 0 radical (unpaired) electrons. The number of aliphatic hydroxyl groups is 1. The van der Waals surface area contributed by atoms with Crippen molar-refractivity contribution in [2.75, 3.05) is 19.8 Å². The summed E-state index contributed by atoms with van der Waals surface area (Å²) in [5.41, 5.74) is 0. The Hall–Kier alpha value is -1.39. The van der Waals surface area contributed by atoms with Crippen LogP contribution in [0.3, 0.4) is 0 Å². The highest BCUT2D eigenvalue weighted by molar-refractivity contribution is 5.69. The number of rotatable bonds is 31. The molecule has 0 aromatic heterocycles. The van der Waals surface area contributed by atoms with Gasteiger partial charge in [0.15, 0.2) is 0 Å². The number of esters is 1. The summed E-state index contributed by atoms with van der Waals surface area (Å²) >= 11 is 0. The van der Waals surface area contributed by atoms with E-state index in [1.165, 1.54) is 96.3 Å². The van der Waals surface area contributed by atoms with Crippen molar-refractivity contribution in [2.24, 2.45) is 0 Å².